The van der Waals surface area contributed by atoms with Gasteiger partial charge in [0.2, 0.25) is 5.91 Å². The topological polar surface area (TPSA) is 58.4 Å². The second kappa shape index (κ2) is 7.85. The highest BCUT2D eigenvalue weighted by Crippen LogP contribution is 2.17. The fourth-order valence-electron chi connectivity index (χ4n) is 2.70. The van der Waals surface area contributed by atoms with Crippen molar-refractivity contribution in [2.24, 2.45) is 17.6 Å². The molecule has 3 N–H and O–H groups in total. The molecule has 19 heavy (non-hydrogen) atoms. The van der Waals surface area contributed by atoms with Gasteiger partial charge in [-0.2, -0.15) is 0 Å². The Balaban J connectivity index is 2.45. The number of likely N-dealkylation sites (tertiary alicyclic amines) is 1. The van der Waals surface area contributed by atoms with E-state index < -0.39 is 0 Å². The summed E-state index contributed by atoms with van der Waals surface area (Å²) in [7, 11) is 0. The van der Waals surface area contributed by atoms with Gasteiger partial charge in [-0.1, -0.05) is 34.1 Å². The average molecular weight is 269 g/mol. The molecule has 1 fully saturated rings. The molecule has 0 spiro atoms. The van der Waals surface area contributed by atoms with Gasteiger partial charge in [-0.3, -0.25) is 9.69 Å². The summed E-state index contributed by atoms with van der Waals surface area (Å²) < 4.78 is 0. The fraction of sp³-hybridized carbons (Fsp3) is 0.933. The van der Waals surface area contributed by atoms with Gasteiger partial charge < -0.3 is 11.1 Å². The van der Waals surface area contributed by atoms with Crippen molar-refractivity contribution in [2.75, 3.05) is 19.6 Å². The van der Waals surface area contributed by atoms with Crippen molar-refractivity contribution in [2.45, 2.75) is 59.0 Å². The number of nitrogens with zero attached hydrogens (tertiary/aromatic N) is 1. The Morgan fingerprint density at radius 1 is 1.26 bits per heavy atom. The summed E-state index contributed by atoms with van der Waals surface area (Å²) in [5.74, 6) is 0.793. The molecule has 1 heterocycles. The summed E-state index contributed by atoms with van der Waals surface area (Å²) in [6, 6.07) is 0.0620. The first-order valence-corrected chi connectivity index (χ1v) is 7.74. The van der Waals surface area contributed by atoms with Crippen LogP contribution in [0.4, 0.5) is 0 Å². The maximum Gasteiger partial charge on any atom is 0.237 e. The molecule has 0 radical (unpaired) electrons. The quantitative estimate of drug-likeness (QED) is 0.738. The van der Waals surface area contributed by atoms with E-state index in [0.29, 0.717) is 12.0 Å². The Labute approximate surface area is 118 Å². The molecule has 0 bridgehead atoms. The minimum Gasteiger partial charge on any atom is -0.353 e. The lowest BCUT2D eigenvalue weighted by Gasteiger charge is -2.31. The molecular formula is C15H31N3O. The van der Waals surface area contributed by atoms with E-state index in [-0.39, 0.29) is 17.9 Å². The summed E-state index contributed by atoms with van der Waals surface area (Å²) >= 11 is 0. The molecule has 0 saturated carbocycles. The van der Waals surface area contributed by atoms with E-state index in [4.69, 9.17) is 5.73 Å². The molecule has 3 atom stereocenters. The van der Waals surface area contributed by atoms with Crippen molar-refractivity contribution in [3.8, 4) is 0 Å². The van der Waals surface area contributed by atoms with Crippen molar-refractivity contribution in [1.29, 1.82) is 0 Å². The Kier molecular flexibility index (Phi) is 6.80. The number of amides is 1. The Hall–Kier alpha value is -0.610. The van der Waals surface area contributed by atoms with Crippen molar-refractivity contribution in [1.82, 2.24) is 10.2 Å². The van der Waals surface area contributed by atoms with Gasteiger partial charge in [0.05, 0.1) is 6.04 Å². The molecule has 0 aromatic heterocycles. The van der Waals surface area contributed by atoms with Crippen molar-refractivity contribution < 1.29 is 4.79 Å². The van der Waals surface area contributed by atoms with Crippen LogP contribution in [-0.4, -0.2) is 42.5 Å². The van der Waals surface area contributed by atoms with Crippen LogP contribution in [0.3, 0.4) is 0 Å². The van der Waals surface area contributed by atoms with Gasteiger partial charge in [-0.25, -0.2) is 0 Å². The van der Waals surface area contributed by atoms with Gasteiger partial charge in [-0.05, 0) is 37.8 Å². The minimum atomic E-state index is -0.378. The summed E-state index contributed by atoms with van der Waals surface area (Å²) in [5, 5.41) is 3.05. The number of nitrogens with two attached hydrogens (primary N) is 1. The molecule has 1 amide bonds. The molecular weight excluding hydrogens is 238 g/mol. The van der Waals surface area contributed by atoms with E-state index in [9.17, 15) is 4.79 Å². The van der Waals surface area contributed by atoms with Crippen LogP contribution >= 0.6 is 0 Å². The average Bonchev–Trinajstić information content (AvgIpc) is 2.90. The lowest BCUT2D eigenvalue weighted by Crippen LogP contribution is -2.50. The summed E-state index contributed by atoms with van der Waals surface area (Å²) in [4.78, 5) is 14.5. The third-order valence-corrected chi connectivity index (χ3v) is 4.42. The first-order chi connectivity index (χ1) is 8.97. The molecule has 1 aliphatic heterocycles. The molecule has 112 valence electrons. The van der Waals surface area contributed by atoms with Gasteiger partial charge in [0.25, 0.3) is 0 Å². The minimum absolute atomic E-state index is 0.000744. The number of rotatable bonds is 7. The van der Waals surface area contributed by atoms with Crippen molar-refractivity contribution in [3.05, 3.63) is 0 Å². The van der Waals surface area contributed by atoms with E-state index in [0.717, 1.165) is 26.1 Å². The lowest BCUT2D eigenvalue weighted by atomic mass is 9.98. The normalized spacial score (nSPS) is 21.4. The van der Waals surface area contributed by atoms with E-state index >= 15 is 0 Å². The Bertz CT molecular complexity index is 275. The van der Waals surface area contributed by atoms with E-state index in [1.54, 1.807) is 0 Å². The molecule has 1 saturated heterocycles. The molecule has 1 unspecified atom stereocenters. The SMILES string of the molecule is CC[C@H](C)[C@H](N)C(=O)NCC(C(C)C)N1CCCC1. The number of hydrogen-bond acceptors (Lipinski definition) is 3. The van der Waals surface area contributed by atoms with E-state index in [1.165, 1.54) is 12.8 Å². The zero-order valence-corrected chi connectivity index (χ0v) is 13.0. The molecule has 0 aromatic carbocycles. The molecule has 0 aromatic rings. The van der Waals surface area contributed by atoms with Crippen LogP contribution in [-0.2, 0) is 4.79 Å². The number of hydrogen-bond donors (Lipinski definition) is 2. The first kappa shape index (κ1) is 16.4. The third-order valence-electron chi connectivity index (χ3n) is 4.42. The highest BCUT2D eigenvalue weighted by molar-refractivity contribution is 5.81. The van der Waals surface area contributed by atoms with Crippen LogP contribution in [0.1, 0.15) is 47.0 Å². The summed E-state index contributed by atoms with van der Waals surface area (Å²) in [6.45, 7) is 11.6. The maximum atomic E-state index is 12.0. The predicted octanol–water partition coefficient (Wildman–Crippen LogP) is 1.60. The largest absolute Gasteiger partial charge is 0.353 e. The van der Waals surface area contributed by atoms with Gasteiger partial charge in [0, 0.05) is 12.6 Å². The fourth-order valence-corrected chi connectivity index (χ4v) is 2.70. The highest BCUT2D eigenvalue weighted by atomic mass is 16.2. The van der Waals surface area contributed by atoms with Crippen LogP contribution in [0, 0.1) is 11.8 Å². The smallest absolute Gasteiger partial charge is 0.237 e. The Morgan fingerprint density at radius 2 is 1.84 bits per heavy atom. The second-order valence-corrected chi connectivity index (χ2v) is 6.21. The van der Waals surface area contributed by atoms with Crippen LogP contribution in [0.15, 0.2) is 0 Å². The standard InChI is InChI=1S/C15H31N3O/c1-5-12(4)14(16)15(19)17-10-13(11(2)3)18-8-6-7-9-18/h11-14H,5-10,16H2,1-4H3,(H,17,19)/t12-,13?,14-/m0/s1. The number of nitrogens with one attached hydrogen (secondary N) is 1. The molecule has 1 aliphatic rings. The zero-order chi connectivity index (χ0) is 14.4. The molecule has 1 rings (SSSR count). The zero-order valence-electron chi connectivity index (χ0n) is 13.0. The maximum absolute atomic E-state index is 12.0. The van der Waals surface area contributed by atoms with Gasteiger partial charge in [-0.15, -0.1) is 0 Å². The number of carbonyl (C=O) groups excluding carboxylic acids is 1. The lowest BCUT2D eigenvalue weighted by molar-refractivity contribution is -0.123. The Morgan fingerprint density at radius 3 is 2.32 bits per heavy atom. The van der Waals surface area contributed by atoms with Crippen molar-refractivity contribution >= 4 is 5.91 Å². The predicted molar refractivity (Wildman–Crippen MR) is 79.9 cm³/mol. The van der Waals surface area contributed by atoms with Crippen LogP contribution in [0.25, 0.3) is 0 Å². The second-order valence-electron chi connectivity index (χ2n) is 6.21. The van der Waals surface area contributed by atoms with E-state index in [1.807, 2.05) is 6.92 Å². The molecule has 4 nitrogen and oxygen atoms in total. The van der Waals surface area contributed by atoms with Crippen LogP contribution in [0.5, 0.6) is 0 Å². The summed E-state index contributed by atoms with van der Waals surface area (Å²) in [5.41, 5.74) is 5.96. The molecule has 0 aliphatic carbocycles. The van der Waals surface area contributed by atoms with Crippen LogP contribution in [0.2, 0.25) is 0 Å². The van der Waals surface area contributed by atoms with Gasteiger partial charge >= 0.3 is 0 Å². The van der Waals surface area contributed by atoms with E-state index in [2.05, 4.69) is 31.0 Å². The van der Waals surface area contributed by atoms with Crippen LogP contribution < -0.4 is 11.1 Å². The highest BCUT2D eigenvalue weighted by Gasteiger charge is 2.26. The van der Waals surface area contributed by atoms with Crippen molar-refractivity contribution in [3.63, 3.8) is 0 Å². The first-order valence-electron chi connectivity index (χ1n) is 7.74. The third kappa shape index (κ3) is 4.77. The number of carbonyl (C=O) groups is 1. The van der Waals surface area contributed by atoms with Gasteiger partial charge in [0.1, 0.15) is 0 Å². The monoisotopic (exact) mass is 269 g/mol. The van der Waals surface area contributed by atoms with Gasteiger partial charge in [0.15, 0.2) is 0 Å². The summed E-state index contributed by atoms with van der Waals surface area (Å²) in [6.07, 6.45) is 3.50. The molecule has 4 heteroatoms.